The zero-order chi connectivity index (χ0) is 18.4. The Morgan fingerprint density at radius 2 is 1.84 bits per heavy atom. The fraction of sp³-hybridized carbons (Fsp3) is 0.556. The Hall–Kier alpha value is -2.44. The molecule has 7 heteroatoms. The number of nitrogens with zero attached hydrogens (tertiary/aromatic N) is 5. The smallest absolute Gasteiger partial charge is 0.164 e. The minimum atomic E-state index is -0.228. The van der Waals surface area contributed by atoms with E-state index in [1.165, 1.54) is 6.33 Å². The minimum Gasteiger partial charge on any atom is -0.383 e. The molecule has 1 saturated carbocycles. The maximum atomic E-state index is 6.12. The maximum Gasteiger partial charge on any atom is 0.164 e. The molecule has 1 aliphatic carbocycles. The normalized spacial score (nSPS) is 14.5. The fourth-order valence-electron chi connectivity index (χ4n) is 2.90. The molecule has 0 bridgehead atoms. The van der Waals surface area contributed by atoms with Crippen LogP contribution >= 0.6 is 0 Å². The van der Waals surface area contributed by atoms with Crippen LogP contribution in [0.4, 0.5) is 5.82 Å². The van der Waals surface area contributed by atoms with Gasteiger partial charge in [0, 0.05) is 11.5 Å². The van der Waals surface area contributed by atoms with Crippen LogP contribution < -0.4 is 5.73 Å². The predicted octanol–water partition coefficient (Wildman–Crippen LogP) is 4.03. The summed E-state index contributed by atoms with van der Waals surface area (Å²) < 4.78 is 7.45. The van der Waals surface area contributed by atoms with Gasteiger partial charge in [0.1, 0.15) is 29.3 Å². The number of nitrogen functional groups attached to an aromatic ring is 1. The van der Waals surface area contributed by atoms with E-state index in [1.807, 2.05) is 25.5 Å². The van der Waals surface area contributed by atoms with E-state index < -0.39 is 0 Å². The summed E-state index contributed by atoms with van der Waals surface area (Å²) in [4.78, 5) is 8.52. The van der Waals surface area contributed by atoms with Crippen LogP contribution in [0.3, 0.4) is 0 Å². The van der Waals surface area contributed by atoms with E-state index in [-0.39, 0.29) is 5.54 Å². The number of rotatable bonds is 2. The Morgan fingerprint density at radius 1 is 1.16 bits per heavy atom. The Labute approximate surface area is 147 Å². The quantitative estimate of drug-likeness (QED) is 0.755. The van der Waals surface area contributed by atoms with E-state index in [0.29, 0.717) is 17.4 Å². The molecule has 0 saturated heterocycles. The zero-order valence-electron chi connectivity index (χ0n) is 15.8. The minimum absolute atomic E-state index is 0.228. The molecule has 0 aliphatic heterocycles. The van der Waals surface area contributed by atoms with Crippen molar-refractivity contribution in [1.29, 1.82) is 0 Å². The van der Waals surface area contributed by atoms with Crippen molar-refractivity contribution in [3.8, 4) is 11.4 Å². The van der Waals surface area contributed by atoms with Crippen molar-refractivity contribution in [2.45, 2.75) is 65.8 Å². The number of nitrogens with two attached hydrogens (primary N) is 1. The fourth-order valence-corrected chi connectivity index (χ4v) is 2.90. The van der Waals surface area contributed by atoms with Crippen LogP contribution in [0.1, 0.15) is 64.7 Å². The highest BCUT2D eigenvalue weighted by atomic mass is 16.5. The van der Waals surface area contributed by atoms with Crippen molar-refractivity contribution in [2.75, 3.05) is 5.73 Å². The van der Waals surface area contributed by atoms with E-state index in [0.717, 1.165) is 40.9 Å². The average molecular weight is 342 g/mol. The van der Waals surface area contributed by atoms with Gasteiger partial charge in [0.15, 0.2) is 5.65 Å². The van der Waals surface area contributed by atoms with E-state index in [4.69, 9.17) is 15.4 Å². The van der Waals surface area contributed by atoms with Crippen molar-refractivity contribution < 1.29 is 4.52 Å². The molecule has 134 valence electrons. The Kier molecular flexibility index (Phi) is 4.26. The van der Waals surface area contributed by atoms with Gasteiger partial charge >= 0.3 is 0 Å². The molecule has 1 fully saturated rings. The molecular formula is C18H26N6O. The van der Waals surface area contributed by atoms with E-state index in [9.17, 15) is 0 Å². The van der Waals surface area contributed by atoms with Crippen LogP contribution in [0.15, 0.2) is 10.9 Å². The first-order chi connectivity index (χ1) is 11.9. The van der Waals surface area contributed by atoms with Crippen molar-refractivity contribution in [2.24, 2.45) is 0 Å². The summed E-state index contributed by atoms with van der Waals surface area (Å²) in [7, 11) is 0. The summed E-state index contributed by atoms with van der Waals surface area (Å²) in [6.45, 7) is 12.3. The molecule has 0 unspecified atom stereocenters. The van der Waals surface area contributed by atoms with Crippen molar-refractivity contribution in [1.82, 2.24) is 24.9 Å². The highest BCUT2D eigenvalue weighted by Gasteiger charge is 2.33. The number of hydrogen-bond acceptors (Lipinski definition) is 6. The van der Waals surface area contributed by atoms with Gasteiger partial charge in [0.25, 0.3) is 0 Å². The topological polar surface area (TPSA) is 95.7 Å². The lowest BCUT2D eigenvalue weighted by molar-refractivity contribution is 0.365. The lowest BCUT2D eigenvalue weighted by Gasteiger charge is -2.19. The van der Waals surface area contributed by atoms with Gasteiger partial charge in [-0.2, -0.15) is 5.10 Å². The Balaban J connectivity index is 0.000000880. The average Bonchev–Trinajstić information content (AvgIpc) is 3.21. The number of hydrogen-bond donors (Lipinski definition) is 1. The van der Waals surface area contributed by atoms with Gasteiger partial charge < -0.3 is 10.3 Å². The highest BCUT2D eigenvalue weighted by molar-refractivity contribution is 5.98. The molecule has 2 N–H and O–H groups in total. The van der Waals surface area contributed by atoms with Crippen LogP contribution in [0, 0.1) is 6.92 Å². The Bertz CT molecular complexity index is 898. The monoisotopic (exact) mass is 342 g/mol. The summed E-state index contributed by atoms with van der Waals surface area (Å²) >= 11 is 0. The van der Waals surface area contributed by atoms with Crippen LogP contribution in [0.5, 0.6) is 0 Å². The van der Waals surface area contributed by atoms with Crippen LogP contribution in [0.25, 0.3) is 22.4 Å². The van der Waals surface area contributed by atoms with E-state index in [2.05, 4.69) is 35.9 Å². The third kappa shape index (κ3) is 2.88. The molecule has 0 aromatic carbocycles. The van der Waals surface area contributed by atoms with Gasteiger partial charge in [0.05, 0.1) is 10.9 Å². The van der Waals surface area contributed by atoms with Gasteiger partial charge in [0.2, 0.25) is 0 Å². The van der Waals surface area contributed by atoms with Gasteiger partial charge in [-0.25, -0.2) is 14.6 Å². The number of fused-ring (bicyclic) bond motifs is 1. The number of anilines is 1. The second-order valence-corrected chi connectivity index (χ2v) is 7.18. The lowest BCUT2D eigenvalue weighted by Crippen LogP contribution is -2.23. The second kappa shape index (κ2) is 6.13. The van der Waals surface area contributed by atoms with Crippen molar-refractivity contribution >= 4 is 16.9 Å². The molecule has 1 aliphatic rings. The molecule has 0 spiro atoms. The molecule has 0 amide bonds. The molecule has 3 heterocycles. The van der Waals surface area contributed by atoms with Gasteiger partial charge in [-0.1, -0.05) is 19.0 Å². The van der Waals surface area contributed by atoms with Crippen LogP contribution in [0.2, 0.25) is 0 Å². The molecule has 0 atom stereocenters. The first-order valence-corrected chi connectivity index (χ1v) is 8.84. The third-order valence-corrected chi connectivity index (χ3v) is 4.26. The first-order valence-electron chi connectivity index (χ1n) is 8.84. The molecular weight excluding hydrogens is 316 g/mol. The molecule has 4 rings (SSSR count). The Morgan fingerprint density at radius 3 is 2.44 bits per heavy atom. The van der Waals surface area contributed by atoms with Crippen molar-refractivity contribution in [3.63, 3.8) is 0 Å². The van der Waals surface area contributed by atoms with Gasteiger partial charge in [-0.3, -0.25) is 0 Å². The standard InChI is InChI=1S/C16H20N6O.C2H6/c1-8-11(21-23-13(8)9-5-6-9)12-10-14(17)18-7-19-15(10)22(20-12)16(2,3)4;1-2/h7,9H,5-6H2,1-4H3,(H2,17,18,19);1-2H3. The summed E-state index contributed by atoms with van der Waals surface area (Å²) in [5.41, 5.74) is 9.08. The molecule has 7 nitrogen and oxygen atoms in total. The maximum absolute atomic E-state index is 6.12. The molecule has 3 aromatic rings. The summed E-state index contributed by atoms with van der Waals surface area (Å²) in [5, 5.41) is 9.77. The third-order valence-electron chi connectivity index (χ3n) is 4.26. The van der Waals surface area contributed by atoms with Gasteiger partial charge in [-0.05, 0) is 40.5 Å². The summed E-state index contributed by atoms with van der Waals surface area (Å²) in [5.74, 6) is 1.88. The number of aromatic nitrogens is 5. The van der Waals surface area contributed by atoms with E-state index in [1.54, 1.807) is 0 Å². The summed E-state index contributed by atoms with van der Waals surface area (Å²) in [6, 6.07) is 0. The van der Waals surface area contributed by atoms with Crippen LogP contribution in [-0.4, -0.2) is 24.9 Å². The van der Waals surface area contributed by atoms with E-state index >= 15 is 0 Å². The van der Waals surface area contributed by atoms with Crippen molar-refractivity contribution in [3.05, 3.63) is 17.7 Å². The molecule has 25 heavy (non-hydrogen) atoms. The SMILES string of the molecule is CC.Cc1c(-c2nn(C(C)(C)C)c3ncnc(N)c23)noc1C1CC1. The first kappa shape index (κ1) is 17.4. The van der Waals surface area contributed by atoms with Gasteiger partial charge in [-0.15, -0.1) is 0 Å². The summed E-state index contributed by atoms with van der Waals surface area (Å²) in [6.07, 6.45) is 3.80. The highest BCUT2D eigenvalue weighted by Crippen LogP contribution is 2.44. The predicted molar refractivity (Wildman–Crippen MR) is 98.3 cm³/mol. The molecule has 3 aromatic heterocycles. The molecule has 0 radical (unpaired) electrons. The second-order valence-electron chi connectivity index (χ2n) is 7.18. The largest absolute Gasteiger partial charge is 0.383 e. The zero-order valence-corrected chi connectivity index (χ0v) is 15.8. The lowest BCUT2D eigenvalue weighted by atomic mass is 10.1. The van der Waals surface area contributed by atoms with Crippen LogP contribution in [-0.2, 0) is 5.54 Å².